The Kier molecular flexibility index (Phi) is 7.67. The number of aromatic nitrogens is 2. The predicted octanol–water partition coefficient (Wildman–Crippen LogP) is 2.86. The van der Waals surface area contributed by atoms with Crippen molar-refractivity contribution in [2.24, 2.45) is 11.7 Å². The van der Waals surface area contributed by atoms with Crippen LogP contribution in [0.5, 0.6) is 0 Å². The van der Waals surface area contributed by atoms with Gasteiger partial charge in [-0.1, -0.05) is 31.8 Å². The van der Waals surface area contributed by atoms with E-state index in [-0.39, 0.29) is 6.10 Å². The van der Waals surface area contributed by atoms with Crippen LogP contribution < -0.4 is 5.73 Å². The molecule has 0 fully saturated rings. The molecular formula is C14H27N3O2. The number of unbranched alkanes of at least 4 members (excludes halogenated alkanes) is 3. The molecule has 1 aromatic rings. The molecule has 0 saturated heterocycles. The van der Waals surface area contributed by atoms with Crippen LogP contribution in [-0.4, -0.2) is 23.3 Å². The standard InChI is InChI=1S/C14H27N3O2/c1-4-18-13(11(2)3)14-16-12(19-17-14)9-7-5-6-8-10-15/h11,13H,4-10,15H2,1-3H3. The minimum absolute atomic E-state index is 0.0697. The average molecular weight is 269 g/mol. The van der Waals surface area contributed by atoms with E-state index in [0.29, 0.717) is 24.2 Å². The first-order valence-electron chi connectivity index (χ1n) is 7.33. The van der Waals surface area contributed by atoms with Crippen LogP contribution in [0.1, 0.15) is 64.3 Å². The largest absolute Gasteiger partial charge is 0.370 e. The summed E-state index contributed by atoms with van der Waals surface area (Å²) in [6.45, 7) is 7.61. The minimum Gasteiger partial charge on any atom is -0.370 e. The summed E-state index contributed by atoms with van der Waals surface area (Å²) in [7, 11) is 0. The van der Waals surface area contributed by atoms with Gasteiger partial charge in [-0.25, -0.2) is 0 Å². The Morgan fingerprint density at radius 1 is 1.21 bits per heavy atom. The number of hydrogen-bond donors (Lipinski definition) is 1. The van der Waals surface area contributed by atoms with Gasteiger partial charge in [-0.2, -0.15) is 4.98 Å². The first kappa shape index (κ1) is 16.1. The molecule has 0 aliphatic carbocycles. The quantitative estimate of drug-likeness (QED) is 0.661. The Morgan fingerprint density at radius 2 is 1.95 bits per heavy atom. The van der Waals surface area contributed by atoms with Crippen molar-refractivity contribution < 1.29 is 9.26 Å². The van der Waals surface area contributed by atoms with Gasteiger partial charge >= 0.3 is 0 Å². The average Bonchev–Trinajstić information content (AvgIpc) is 2.83. The van der Waals surface area contributed by atoms with Crippen molar-refractivity contribution in [3.8, 4) is 0 Å². The zero-order chi connectivity index (χ0) is 14.1. The van der Waals surface area contributed by atoms with Gasteiger partial charge in [-0.05, 0) is 32.2 Å². The van der Waals surface area contributed by atoms with E-state index in [2.05, 4.69) is 24.0 Å². The molecule has 0 bridgehead atoms. The summed E-state index contributed by atoms with van der Waals surface area (Å²) in [4.78, 5) is 4.44. The van der Waals surface area contributed by atoms with Gasteiger partial charge in [-0.15, -0.1) is 0 Å². The van der Waals surface area contributed by atoms with Crippen molar-refractivity contribution >= 4 is 0 Å². The SMILES string of the molecule is CCOC(c1noc(CCCCCCN)n1)C(C)C. The highest BCUT2D eigenvalue weighted by atomic mass is 16.5. The molecule has 0 amide bonds. The van der Waals surface area contributed by atoms with Gasteiger partial charge in [0, 0.05) is 13.0 Å². The smallest absolute Gasteiger partial charge is 0.226 e. The molecule has 1 unspecified atom stereocenters. The van der Waals surface area contributed by atoms with E-state index < -0.39 is 0 Å². The monoisotopic (exact) mass is 269 g/mol. The highest BCUT2D eigenvalue weighted by molar-refractivity contribution is 4.93. The topological polar surface area (TPSA) is 74.2 Å². The number of nitrogens with zero attached hydrogens (tertiary/aromatic N) is 2. The summed E-state index contributed by atoms with van der Waals surface area (Å²) >= 11 is 0. The number of ether oxygens (including phenoxy) is 1. The van der Waals surface area contributed by atoms with Crippen LogP contribution >= 0.6 is 0 Å². The second kappa shape index (κ2) is 9.04. The maximum absolute atomic E-state index is 5.66. The van der Waals surface area contributed by atoms with Gasteiger partial charge in [0.15, 0.2) is 0 Å². The van der Waals surface area contributed by atoms with E-state index in [1.165, 1.54) is 6.42 Å². The van der Waals surface area contributed by atoms with Crippen LogP contribution in [0.25, 0.3) is 0 Å². The van der Waals surface area contributed by atoms with Crippen LogP contribution in [0.15, 0.2) is 4.52 Å². The third-order valence-corrected chi connectivity index (χ3v) is 3.03. The van der Waals surface area contributed by atoms with Crippen LogP contribution in [0, 0.1) is 5.92 Å². The Labute approximate surface area is 115 Å². The second-order valence-electron chi connectivity index (χ2n) is 5.12. The molecule has 19 heavy (non-hydrogen) atoms. The highest BCUT2D eigenvalue weighted by Crippen LogP contribution is 2.23. The lowest BCUT2D eigenvalue weighted by Gasteiger charge is -2.16. The molecule has 0 aliphatic rings. The summed E-state index contributed by atoms with van der Waals surface area (Å²) in [5.41, 5.74) is 5.46. The fraction of sp³-hybridized carbons (Fsp3) is 0.857. The number of nitrogens with two attached hydrogens (primary N) is 1. The molecule has 0 aliphatic heterocycles. The normalized spacial score (nSPS) is 13.1. The molecule has 0 aromatic carbocycles. The Balaban J connectivity index is 2.42. The summed E-state index contributed by atoms with van der Waals surface area (Å²) in [6.07, 6.45) is 5.27. The predicted molar refractivity (Wildman–Crippen MR) is 74.7 cm³/mol. The molecule has 5 nitrogen and oxygen atoms in total. The van der Waals surface area contributed by atoms with E-state index >= 15 is 0 Å². The van der Waals surface area contributed by atoms with Gasteiger partial charge in [0.05, 0.1) is 0 Å². The molecule has 1 aromatic heterocycles. The molecule has 2 N–H and O–H groups in total. The third-order valence-electron chi connectivity index (χ3n) is 3.03. The molecule has 110 valence electrons. The fourth-order valence-corrected chi connectivity index (χ4v) is 2.00. The van der Waals surface area contributed by atoms with Crippen molar-refractivity contribution in [3.63, 3.8) is 0 Å². The maximum atomic E-state index is 5.66. The van der Waals surface area contributed by atoms with Gasteiger partial charge in [0.2, 0.25) is 11.7 Å². The van der Waals surface area contributed by atoms with E-state index in [0.717, 1.165) is 32.2 Å². The summed E-state index contributed by atoms with van der Waals surface area (Å²) in [5.74, 6) is 1.73. The maximum Gasteiger partial charge on any atom is 0.226 e. The van der Waals surface area contributed by atoms with Gasteiger partial charge < -0.3 is 15.0 Å². The van der Waals surface area contributed by atoms with Crippen molar-refractivity contribution in [2.75, 3.05) is 13.2 Å². The van der Waals surface area contributed by atoms with Gasteiger partial charge in [-0.3, -0.25) is 0 Å². The minimum atomic E-state index is -0.0697. The molecule has 1 rings (SSSR count). The van der Waals surface area contributed by atoms with Crippen LogP contribution in [0.2, 0.25) is 0 Å². The molecule has 1 atom stereocenters. The first-order chi connectivity index (χ1) is 9.19. The van der Waals surface area contributed by atoms with Crippen molar-refractivity contribution in [3.05, 3.63) is 11.7 Å². The van der Waals surface area contributed by atoms with E-state index in [9.17, 15) is 0 Å². The molecule has 5 heteroatoms. The summed E-state index contributed by atoms with van der Waals surface area (Å²) in [5, 5.41) is 4.04. The number of aryl methyl sites for hydroxylation is 1. The third kappa shape index (κ3) is 5.70. The van der Waals surface area contributed by atoms with Gasteiger partial charge in [0.1, 0.15) is 6.10 Å². The molecule has 0 spiro atoms. The Hall–Kier alpha value is -0.940. The highest BCUT2D eigenvalue weighted by Gasteiger charge is 2.21. The van der Waals surface area contributed by atoms with E-state index in [1.807, 2.05) is 6.92 Å². The first-order valence-corrected chi connectivity index (χ1v) is 7.33. The van der Waals surface area contributed by atoms with Crippen molar-refractivity contribution in [1.29, 1.82) is 0 Å². The van der Waals surface area contributed by atoms with E-state index in [4.69, 9.17) is 15.0 Å². The zero-order valence-corrected chi connectivity index (χ0v) is 12.4. The summed E-state index contributed by atoms with van der Waals surface area (Å²) < 4.78 is 10.9. The summed E-state index contributed by atoms with van der Waals surface area (Å²) in [6, 6.07) is 0. The molecule has 0 radical (unpaired) electrons. The van der Waals surface area contributed by atoms with Crippen LogP contribution in [0.4, 0.5) is 0 Å². The lowest BCUT2D eigenvalue weighted by molar-refractivity contribution is 0.0217. The molecule has 0 saturated carbocycles. The van der Waals surface area contributed by atoms with Crippen molar-refractivity contribution in [1.82, 2.24) is 10.1 Å². The van der Waals surface area contributed by atoms with E-state index in [1.54, 1.807) is 0 Å². The molecule has 1 heterocycles. The molecular weight excluding hydrogens is 242 g/mol. The van der Waals surface area contributed by atoms with Crippen LogP contribution in [-0.2, 0) is 11.2 Å². The second-order valence-corrected chi connectivity index (χ2v) is 5.12. The fourth-order valence-electron chi connectivity index (χ4n) is 2.00. The number of hydrogen-bond acceptors (Lipinski definition) is 5. The number of rotatable bonds is 10. The Morgan fingerprint density at radius 3 is 2.58 bits per heavy atom. The van der Waals surface area contributed by atoms with Crippen molar-refractivity contribution in [2.45, 2.75) is 59.0 Å². The lowest BCUT2D eigenvalue weighted by atomic mass is 10.1. The lowest BCUT2D eigenvalue weighted by Crippen LogP contribution is -2.12. The zero-order valence-electron chi connectivity index (χ0n) is 12.4. The van der Waals surface area contributed by atoms with Crippen LogP contribution in [0.3, 0.4) is 0 Å². The Bertz CT molecular complexity index is 339. The van der Waals surface area contributed by atoms with Gasteiger partial charge in [0.25, 0.3) is 0 Å².